The van der Waals surface area contributed by atoms with Crippen LogP contribution in [0.25, 0.3) is 0 Å². The molecule has 0 heterocycles. The van der Waals surface area contributed by atoms with Crippen molar-refractivity contribution in [1.29, 1.82) is 0 Å². The first kappa shape index (κ1) is 15.4. The van der Waals surface area contributed by atoms with Gasteiger partial charge in [0.25, 0.3) is 0 Å². The normalized spacial score (nSPS) is 17.2. The second-order valence-corrected chi connectivity index (χ2v) is 5.83. The molecule has 2 rings (SSSR count). The molecule has 0 unspecified atom stereocenters. The van der Waals surface area contributed by atoms with Crippen LogP contribution < -0.4 is 10.6 Å². The molecule has 1 fully saturated rings. The van der Waals surface area contributed by atoms with Gasteiger partial charge in [0.15, 0.2) is 0 Å². The summed E-state index contributed by atoms with van der Waals surface area (Å²) in [4.78, 5) is 24.4. The Morgan fingerprint density at radius 2 is 1.76 bits per heavy atom. The van der Waals surface area contributed by atoms with Gasteiger partial charge >= 0.3 is 5.97 Å². The van der Waals surface area contributed by atoms with Crippen LogP contribution in [0.15, 0.2) is 24.3 Å². The summed E-state index contributed by atoms with van der Waals surface area (Å²) in [6.07, 6.45) is 5.17. The zero-order valence-electron chi connectivity index (χ0n) is 12.3. The molecule has 1 amide bonds. The van der Waals surface area contributed by atoms with Crippen LogP contribution >= 0.6 is 0 Å². The third-order valence-electron chi connectivity index (χ3n) is 4.52. The Morgan fingerprint density at radius 1 is 1.19 bits per heavy atom. The number of hydrogen-bond donors (Lipinski definition) is 2. The molecule has 1 saturated carbocycles. The van der Waals surface area contributed by atoms with Crippen LogP contribution in [0.5, 0.6) is 0 Å². The van der Waals surface area contributed by atoms with E-state index in [9.17, 15) is 14.7 Å². The van der Waals surface area contributed by atoms with Crippen molar-refractivity contribution in [3.63, 3.8) is 0 Å². The number of nitrogens with two attached hydrogens (primary N) is 1. The average molecular weight is 290 g/mol. The lowest BCUT2D eigenvalue weighted by atomic mass is 9.78. The molecular weight excluding hydrogens is 268 g/mol. The first-order valence-corrected chi connectivity index (χ1v) is 7.30. The van der Waals surface area contributed by atoms with E-state index < -0.39 is 11.9 Å². The minimum Gasteiger partial charge on any atom is -0.481 e. The molecule has 1 aromatic carbocycles. The second kappa shape index (κ2) is 6.16. The first-order valence-electron chi connectivity index (χ1n) is 7.30. The van der Waals surface area contributed by atoms with Gasteiger partial charge in [-0.2, -0.15) is 0 Å². The van der Waals surface area contributed by atoms with E-state index in [1.54, 1.807) is 12.1 Å². The molecule has 3 N–H and O–H groups in total. The quantitative estimate of drug-likeness (QED) is 0.872. The number of nitrogens with zero attached hydrogens (tertiary/aromatic N) is 1. The highest BCUT2D eigenvalue weighted by atomic mass is 16.4. The Bertz CT molecular complexity index is 519. The number of hydrogen-bond acceptors (Lipinski definition) is 3. The van der Waals surface area contributed by atoms with Crippen LogP contribution in [-0.2, 0) is 4.79 Å². The highest BCUT2D eigenvalue weighted by Gasteiger charge is 2.38. The molecular formula is C16H22N2O3. The monoisotopic (exact) mass is 290 g/mol. The zero-order chi connectivity index (χ0) is 15.5. The number of carboxylic acid groups (broad SMARTS) is 1. The maximum atomic E-state index is 11.3. The fourth-order valence-corrected chi connectivity index (χ4v) is 3.25. The van der Waals surface area contributed by atoms with Crippen molar-refractivity contribution < 1.29 is 14.7 Å². The van der Waals surface area contributed by atoms with E-state index in [0.717, 1.165) is 37.8 Å². The van der Waals surface area contributed by atoms with Crippen molar-refractivity contribution in [3.8, 4) is 0 Å². The Labute approximate surface area is 124 Å². The fourth-order valence-electron chi connectivity index (χ4n) is 3.25. The predicted octanol–water partition coefficient (Wildman–Crippen LogP) is 2.40. The van der Waals surface area contributed by atoms with Crippen molar-refractivity contribution in [3.05, 3.63) is 29.8 Å². The van der Waals surface area contributed by atoms with Gasteiger partial charge in [-0.25, -0.2) is 0 Å². The van der Waals surface area contributed by atoms with Crippen molar-refractivity contribution in [2.24, 2.45) is 5.73 Å². The predicted molar refractivity (Wildman–Crippen MR) is 81.4 cm³/mol. The van der Waals surface area contributed by atoms with E-state index >= 15 is 0 Å². The van der Waals surface area contributed by atoms with Crippen molar-refractivity contribution in [1.82, 2.24) is 0 Å². The van der Waals surface area contributed by atoms with Crippen LogP contribution in [0, 0.1) is 0 Å². The summed E-state index contributed by atoms with van der Waals surface area (Å²) in [6, 6.07) is 7.04. The highest BCUT2D eigenvalue weighted by molar-refractivity contribution is 5.93. The standard InChI is InChI=1S/C16H22N2O3/c1-18(13-7-5-12(6-8-13)15(17)21)16(11-14(19)20)9-3-2-4-10-16/h5-8H,2-4,9-11H2,1H3,(H2,17,21)(H,19,20). The summed E-state index contributed by atoms with van der Waals surface area (Å²) in [5.74, 6) is -1.22. The van der Waals surface area contributed by atoms with Gasteiger partial charge in [0.2, 0.25) is 5.91 Å². The summed E-state index contributed by atoms with van der Waals surface area (Å²) in [7, 11) is 1.94. The van der Waals surface area contributed by atoms with Crippen LogP contribution in [0.4, 0.5) is 5.69 Å². The van der Waals surface area contributed by atoms with Gasteiger partial charge in [-0.1, -0.05) is 19.3 Å². The second-order valence-electron chi connectivity index (χ2n) is 5.83. The summed E-state index contributed by atoms with van der Waals surface area (Å²) in [6.45, 7) is 0. The molecule has 1 aromatic rings. The van der Waals surface area contributed by atoms with Crippen molar-refractivity contribution >= 4 is 17.6 Å². The van der Waals surface area contributed by atoms with E-state index in [-0.39, 0.29) is 12.0 Å². The number of primary amides is 1. The molecule has 0 saturated heterocycles. The Balaban J connectivity index is 2.26. The van der Waals surface area contributed by atoms with Gasteiger partial charge in [0.1, 0.15) is 0 Å². The SMILES string of the molecule is CN(c1ccc(C(N)=O)cc1)C1(CC(=O)O)CCCCC1. The van der Waals surface area contributed by atoms with Crippen molar-refractivity contribution in [2.45, 2.75) is 44.1 Å². The molecule has 5 heteroatoms. The molecule has 1 aliphatic carbocycles. The Hall–Kier alpha value is -2.04. The average Bonchev–Trinajstić information content (AvgIpc) is 2.47. The molecule has 0 aliphatic heterocycles. The lowest BCUT2D eigenvalue weighted by Gasteiger charge is -2.45. The molecule has 0 atom stereocenters. The van der Waals surface area contributed by atoms with Crippen LogP contribution in [0.3, 0.4) is 0 Å². The summed E-state index contributed by atoms with van der Waals surface area (Å²) in [5, 5.41) is 9.26. The van der Waals surface area contributed by atoms with Crippen LogP contribution in [0.2, 0.25) is 0 Å². The fraction of sp³-hybridized carbons (Fsp3) is 0.500. The molecule has 21 heavy (non-hydrogen) atoms. The largest absolute Gasteiger partial charge is 0.481 e. The minimum atomic E-state index is -0.766. The molecule has 5 nitrogen and oxygen atoms in total. The number of anilines is 1. The van der Waals surface area contributed by atoms with Gasteiger partial charge in [-0.05, 0) is 37.1 Å². The maximum Gasteiger partial charge on any atom is 0.305 e. The maximum absolute atomic E-state index is 11.3. The molecule has 0 spiro atoms. The molecule has 0 radical (unpaired) electrons. The van der Waals surface area contributed by atoms with Gasteiger partial charge in [0.05, 0.1) is 12.0 Å². The van der Waals surface area contributed by atoms with E-state index in [0.29, 0.717) is 5.56 Å². The number of rotatable bonds is 5. The topological polar surface area (TPSA) is 83.6 Å². The summed E-state index contributed by atoms with van der Waals surface area (Å²) < 4.78 is 0. The summed E-state index contributed by atoms with van der Waals surface area (Å²) in [5.41, 5.74) is 6.29. The van der Waals surface area contributed by atoms with E-state index in [1.165, 1.54) is 0 Å². The van der Waals surface area contributed by atoms with E-state index in [2.05, 4.69) is 4.90 Å². The Morgan fingerprint density at radius 3 is 2.24 bits per heavy atom. The number of carbonyl (C=O) groups is 2. The number of benzene rings is 1. The number of amides is 1. The molecule has 114 valence electrons. The third kappa shape index (κ3) is 3.35. The first-order chi connectivity index (χ1) is 9.94. The molecule has 0 aromatic heterocycles. The summed E-state index contributed by atoms with van der Waals surface area (Å²) >= 11 is 0. The molecule has 0 bridgehead atoms. The number of carboxylic acids is 1. The lowest BCUT2D eigenvalue weighted by Crippen LogP contribution is -2.49. The van der Waals surface area contributed by atoms with E-state index in [4.69, 9.17) is 5.73 Å². The third-order valence-corrected chi connectivity index (χ3v) is 4.52. The smallest absolute Gasteiger partial charge is 0.305 e. The van der Waals surface area contributed by atoms with Gasteiger partial charge in [-0.3, -0.25) is 9.59 Å². The highest BCUT2D eigenvalue weighted by Crippen LogP contribution is 2.38. The van der Waals surface area contributed by atoms with Gasteiger partial charge in [0, 0.05) is 18.3 Å². The van der Waals surface area contributed by atoms with Gasteiger partial charge in [-0.15, -0.1) is 0 Å². The minimum absolute atomic E-state index is 0.140. The number of aliphatic carboxylic acids is 1. The number of carbonyl (C=O) groups excluding carboxylic acids is 1. The van der Waals surface area contributed by atoms with Crippen LogP contribution in [-0.4, -0.2) is 29.6 Å². The zero-order valence-corrected chi connectivity index (χ0v) is 12.3. The van der Waals surface area contributed by atoms with E-state index in [1.807, 2.05) is 19.2 Å². The molecule has 1 aliphatic rings. The van der Waals surface area contributed by atoms with Gasteiger partial charge < -0.3 is 15.7 Å². The Kier molecular flexibility index (Phi) is 4.50. The van der Waals surface area contributed by atoms with Crippen molar-refractivity contribution in [2.75, 3.05) is 11.9 Å². The lowest BCUT2D eigenvalue weighted by molar-refractivity contribution is -0.138. The van der Waals surface area contributed by atoms with Crippen LogP contribution in [0.1, 0.15) is 48.9 Å².